The van der Waals surface area contributed by atoms with Gasteiger partial charge in [0.05, 0.1) is 12.0 Å². The van der Waals surface area contributed by atoms with Crippen LogP contribution in [0, 0.1) is 11.8 Å². The summed E-state index contributed by atoms with van der Waals surface area (Å²) in [5.41, 5.74) is 2.95. The van der Waals surface area contributed by atoms with Crippen LogP contribution in [-0.2, 0) is 27.5 Å². The Balaban J connectivity index is 1.45. The Morgan fingerprint density at radius 1 is 0.821 bits per heavy atom. The summed E-state index contributed by atoms with van der Waals surface area (Å²) in [6.45, 7) is 6.38. The number of carbonyl (C=O) groups is 3. The van der Waals surface area contributed by atoms with Crippen molar-refractivity contribution in [2.45, 2.75) is 58.5 Å². The van der Waals surface area contributed by atoms with E-state index in [1.165, 1.54) is 0 Å². The summed E-state index contributed by atoms with van der Waals surface area (Å²) in [5, 5.41) is 5.70. The van der Waals surface area contributed by atoms with Gasteiger partial charge in [-0.15, -0.1) is 0 Å². The van der Waals surface area contributed by atoms with Crippen LogP contribution in [-0.4, -0.2) is 34.9 Å². The largest absolute Gasteiger partial charge is 0.445 e. The number of nitrogens with zero attached hydrogens (tertiary/aromatic N) is 1. The normalized spacial score (nSPS) is 18.2. The Labute approximate surface area is 230 Å². The number of rotatable bonds is 11. The fourth-order valence-corrected chi connectivity index (χ4v) is 5.08. The quantitative estimate of drug-likeness (QED) is 0.334. The molecule has 4 rings (SSSR count). The molecule has 2 N–H and O–H groups in total. The molecular weight excluding hydrogens is 490 g/mol. The van der Waals surface area contributed by atoms with Crippen LogP contribution in [0.25, 0.3) is 0 Å². The third-order valence-electron chi connectivity index (χ3n) is 7.01. The van der Waals surface area contributed by atoms with Crippen molar-refractivity contribution in [2.75, 3.05) is 0 Å². The zero-order chi connectivity index (χ0) is 27.8. The Kier molecular flexibility index (Phi) is 9.36. The van der Waals surface area contributed by atoms with Gasteiger partial charge >= 0.3 is 6.09 Å². The summed E-state index contributed by atoms with van der Waals surface area (Å²) < 4.78 is 5.27. The highest BCUT2D eigenvalue weighted by atomic mass is 16.5. The molecule has 0 radical (unpaired) electrons. The molecule has 0 saturated carbocycles. The maximum atomic E-state index is 13.6. The summed E-state index contributed by atoms with van der Waals surface area (Å²) >= 11 is 0. The Morgan fingerprint density at radius 3 is 1.97 bits per heavy atom. The molecule has 1 aliphatic rings. The molecule has 0 aliphatic carbocycles. The second-order valence-corrected chi connectivity index (χ2v) is 10.5. The zero-order valence-corrected chi connectivity index (χ0v) is 22.7. The van der Waals surface area contributed by atoms with Gasteiger partial charge in [0, 0.05) is 12.6 Å². The molecular formula is C32H37N3O4. The van der Waals surface area contributed by atoms with Gasteiger partial charge in [-0.1, -0.05) is 105 Å². The van der Waals surface area contributed by atoms with Gasteiger partial charge in [0.1, 0.15) is 12.6 Å². The van der Waals surface area contributed by atoms with Gasteiger partial charge in [-0.25, -0.2) is 4.79 Å². The van der Waals surface area contributed by atoms with Gasteiger partial charge in [0.25, 0.3) is 0 Å². The lowest BCUT2D eigenvalue weighted by molar-refractivity contribution is -0.161. The molecule has 0 spiro atoms. The smallest absolute Gasteiger partial charge is 0.408 e. The molecule has 3 amide bonds. The number of benzene rings is 3. The molecule has 4 atom stereocenters. The molecule has 0 unspecified atom stereocenters. The lowest BCUT2D eigenvalue weighted by atomic mass is 9.75. The minimum Gasteiger partial charge on any atom is -0.445 e. The van der Waals surface area contributed by atoms with Crippen molar-refractivity contribution in [1.82, 2.24) is 15.5 Å². The highest BCUT2D eigenvalue weighted by Gasteiger charge is 2.52. The molecule has 7 heteroatoms. The van der Waals surface area contributed by atoms with Crippen LogP contribution in [0.5, 0.6) is 0 Å². The van der Waals surface area contributed by atoms with Gasteiger partial charge in [0.2, 0.25) is 11.8 Å². The van der Waals surface area contributed by atoms with E-state index in [0.717, 1.165) is 16.7 Å². The molecule has 1 aliphatic heterocycles. The van der Waals surface area contributed by atoms with Crippen molar-refractivity contribution in [1.29, 1.82) is 0 Å². The fraction of sp³-hybridized carbons (Fsp3) is 0.344. The molecule has 1 heterocycles. The number of alkyl carbamates (subject to hydrolysis) is 1. The van der Waals surface area contributed by atoms with Crippen molar-refractivity contribution in [3.8, 4) is 0 Å². The summed E-state index contributed by atoms with van der Waals surface area (Å²) in [6.07, 6.45) is -0.0339. The monoisotopic (exact) mass is 527 g/mol. The van der Waals surface area contributed by atoms with E-state index in [4.69, 9.17) is 4.74 Å². The van der Waals surface area contributed by atoms with Crippen molar-refractivity contribution in [3.05, 3.63) is 108 Å². The van der Waals surface area contributed by atoms with E-state index in [9.17, 15) is 14.4 Å². The maximum Gasteiger partial charge on any atom is 0.408 e. The number of hydrogen-bond acceptors (Lipinski definition) is 4. The van der Waals surface area contributed by atoms with Gasteiger partial charge < -0.3 is 20.3 Å². The number of nitrogens with one attached hydrogen (secondary N) is 2. The molecule has 1 saturated heterocycles. The van der Waals surface area contributed by atoms with Crippen molar-refractivity contribution in [3.63, 3.8) is 0 Å². The van der Waals surface area contributed by atoms with Gasteiger partial charge in [0.15, 0.2) is 0 Å². The first kappa shape index (κ1) is 27.9. The van der Waals surface area contributed by atoms with Crippen LogP contribution >= 0.6 is 0 Å². The lowest BCUT2D eigenvalue weighted by Gasteiger charge is -2.51. The Morgan fingerprint density at radius 2 is 1.38 bits per heavy atom. The van der Waals surface area contributed by atoms with Crippen LogP contribution in [0.2, 0.25) is 0 Å². The van der Waals surface area contributed by atoms with E-state index in [1.54, 1.807) is 6.92 Å². The standard InChI is InChI=1S/C32H37N3O4/c1-22(2)19-27(34-30(36)23(3)33-32(38)39-21-25-15-9-5-10-16-25)28-29(26-17-11-6-12-18-26)35(31(28)37)20-24-13-7-4-8-14-24/h4-18,22-23,27-29H,19-21H2,1-3H3,(H,33,38)(H,34,36)/t23-,27-,28+,29+/m0/s1. The van der Waals surface area contributed by atoms with E-state index in [2.05, 4.69) is 24.5 Å². The van der Waals surface area contributed by atoms with Crippen LogP contribution in [0.4, 0.5) is 4.79 Å². The topological polar surface area (TPSA) is 87.7 Å². The van der Waals surface area contributed by atoms with Gasteiger partial charge in [-0.2, -0.15) is 0 Å². The molecule has 1 fully saturated rings. The number of hydrogen-bond donors (Lipinski definition) is 2. The van der Waals surface area contributed by atoms with Crippen molar-refractivity contribution in [2.24, 2.45) is 11.8 Å². The van der Waals surface area contributed by atoms with Gasteiger partial charge in [-0.05, 0) is 36.0 Å². The highest BCUT2D eigenvalue weighted by molar-refractivity contribution is 5.90. The highest BCUT2D eigenvalue weighted by Crippen LogP contribution is 2.44. The summed E-state index contributed by atoms with van der Waals surface area (Å²) in [6, 6.07) is 27.9. The molecule has 0 bridgehead atoms. The van der Waals surface area contributed by atoms with E-state index >= 15 is 0 Å². The average Bonchev–Trinajstić information content (AvgIpc) is 2.94. The summed E-state index contributed by atoms with van der Waals surface area (Å²) in [5.74, 6) is -0.485. The molecule has 3 aromatic carbocycles. The minimum atomic E-state index is -0.825. The first-order valence-corrected chi connectivity index (χ1v) is 13.5. The van der Waals surface area contributed by atoms with Crippen molar-refractivity contribution >= 4 is 17.9 Å². The second-order valence-electron chi connectivity index (χ2n) is 10.5. The van der Waals surface area contributed by atoms with Crippen LogP contribution < -0.4 is 10.6 Å². The molecule has 204 valence electrons. The number of likely N-dealkylation sites (tertiary alicyclic amines) is 1. The minimum absolute atomic E-state index is 0.0153. The van der Waals surface area contributed by atoms with Crippen LogP contribution in [0.15, 0.2) is 91.0 Å². The second kappa shape index (κ2) is 13.1. The molecule has 3 aromatic rings. The fourth-order valence-electron chi connectivity index (χ4n) is 5.08. The number of ether oxygens (including phenoxy) is 1. The lowest BCUT2D eigenvalue weighted by Crippen LogP contribution is -2.63. The summed E-state index contributed by atoms with van der Waals surface area (Å²) in [4.78, 5) is 41.0. The number of β-lactam (4-membered cyclic amide) rings is 1. The summed E-state index contributed by atoms with van der Waals surface area (Å²) in [7, 11) is 0. The number of amides is 3. The Bertz CT molecular complexity index is 1230. The predicted molar refractivity (Wildman–Crippen MR) is 150 cm³/mol. The SMILES string of the molecule is CC(C)C[C@H](NC(=O)[C@H](C)NC(=O)OCc1ccccc1)[C@H]1C(=O)N(Cc2ccccc2)[C@@H]1c1ccccc1. The van der Waals surface area contributed by atoms with E-state index in [-0.39, 0.29) is 36.4 Å². The first-order valence-electron chi connectivity index (χ1n) is 13.5. The zero-order valence-electron chi connectivity index (χ0n) is 22.7. The third kappa shape index (κ3) is 7.25. The van der Waals surface area contributed by atoms with Crippen LogP contribution in [0.3, 0.4) is 0 Å². The van der Waals surface area contributed by atoms with E-state index in [1.807, 2.05) is 95.9 Å². The Hall–Kier alpha value is -4.13. The average molecular weight is 528 g/mol. The maximum absolute atomic E-state index is 13.6. The van der Waals surface area contributed by atoms with Crippen LogP contribution in [0.1, 0.15) is 49.9 Å². The van der Waals surface area contributed by atoms with Crippen molar-refractivity contribution < 1.29 is 19.1 Å². The molecule has 39 heavy (non-hydrogen) atoms. The third-order valence-corrected chi connectivity index (χ3v) is 7.01. The van der Waals surface area contributed by atoms with E-state index < -0.39 is 18.1 Å². The van der Waals surface area contributed by atoms with E-state index in [0.29, 0.717) is 13.0 Å². The van der Waals surface area contributed by atoms with Gasteiger partial charge in [-0.3, -0.25) is 9.59 Å². The number of carbonyl (C=O) groups excluding carboxylic acids is 3. The molecule has 7 nitrogen and oxygen atoms in total. The first-order chi connectivity index (χ1) is 18.8. The predicted octanol–water partition coefficient (Wildman–Crippen LogP) is 5.23. The molecule has 0 aromatic heterocycles.